The van der Waals surface area contributed by atoms with Crippen LogP contribution in [0.5, 0.6) is 0 Å². The lowest BCUT2D eigenvalue weighted by Crippen LogP contribution is -2.26. The Morgan fingerprint density at radius 1 is 1.25 bits per heavy atom. The van der Waals surface area contributed by atoms with Crippen molar-refractivity contribution >= 4 is 15.7 Å². The highest BCUT2D eigenvalue weighted by Crippen LogP contribution is 2.22. The molecule has 20 heavy (non-hydrogen) atoms. The molecule has 0 saturated heterocycles. The highest BCUT2D eigenvalue weighted by atomic mass is 32.2. The summed E-state index contributed by atoms with van der Waals surface area (Å²) in [6.07, 6.45) is 5.76. The summed E-state index contributed by atoms with van der Waals surface area (Å²) in [6.45, 7) is 0.185. The number of benzene rings is 1. The largest absolute Gasteiger partial charge is 0.396 e. The van der Waals surface area contributed by atoms with E-state index in [-0.39, 0.29) is 6.54 Å². The summed E-state index contributed by atoms with van der Waals surface area (Å²) in [7, 11) is -4.02. The second-order valence-corrected chi connectivity index (χ2v) is 6.44. The van der Waals surface area contributed by atoms with Gasteiger partial charge in [-0.2, -0.15) is 0 Å². The maximum Gasteiger partial charge on any atom is 0.243 e. The number of rotatable bonds is 5. The fourth-order valence-electron chi connectivity index (χ4n) is 2.14. The van der Waals surface area contributed by atoms with Gasteiger partial charge in [0.2, 0.25) is 10.0 Å². The summed E-state index contributed by atoms with van der Waals surface area (Å²) in [5.41, 5.74) is 6.07. The van der Waals surface area contributed by atoms with Crippen LogP contribution in [0.1, 0.15) is 25.7 Å². The first-order chi connectivity index (χ1) is 9.40. The Morgan fingerprint density at radius 2 is 2.00 bits per heavy atom. The Hall–Kier alpha value is -1.47. The highest BCUT2D eigenvalue weighted by molar-refractivity contribution is 7.89. The molecule has 1 aliphatic carbocycles. The van der Waals surface area contributed by atoms with Crippen LogP contribution in [0.15, 0.2) is 28.7 Å². The number of sulfonamides is 1. The number of anilines is 1. The molecule has 4 nitrogen and oxygen atoms in total. The molecule has 2 rings (SSSR count). The standard InChI is InChI=1S/C13H16F2N2O2S/c14-10-7-11(15)13(8-12(10)16)20(18,19)17-6-5-9-3-1-2-4-9/h3,7-8,17H,1-2,4-6,16H2. The van der Waals surface area contributed by atoms with Gasteiger partial charge < -0.3 is 5.73 Å². The molecule has 3 N–H and O–H groups in total. The summed E-state index contributed by atoms with van der Waals surface area (Å²) in [5.74, 6) is -2.12. The van der Waals surface area contributed by atoms with E-state index in [1.54, 1.807) is 0 Å². The minimum absolute atomic E-state index is 0.185. The van der Waals surface area contributed by atoms with Crippen molar-refractivity contribution in [2.75, 3.05) is 12.3 Å². The van der Waals surface area contributed by atoms with E-state index in [2.05, 4.69) is 10.8 Å². The van der Waals surface area contributed by atoms with E-state index in [0.29, 0.717) is 12.5 Å². The van der Waals surface area contributed by atoms with Crippen molar-refractivity contribution in [2.45, 2.75) is 30.6 Å². The second kappa shape index (κ2) is 5.88. The van der Waals surface area contributed by atoms with Gasteiger partial charge in [-0.15, -0.1) is 0 Å². The van der Waals surface area contributed by atoms with Crippen LogP contribution in [-0.4, -0.2) is 15.0 Å². The van der Waals surface area contributed by atoms with Crippen molar-refractivity contribution in [1.29, 1.82) is 0 Å². The first-order valence-electron chi connectivity index (χ1n) is 6.32. The van der Waals surface area contributed by atoms with E-state index in [0.717, 1.165) is 25.3 Å². The third kappa shape index (κ3) is 3.34. The lowest BCUT2D eigenvalue weighted by molar-refractivity contribution is 0.544. The molecule has 1 aromatic rings. The number of nitrogen functional groups attached to an aromatic ring is 1. The van der Waals surface area contributed by atoms with Gasteiger partial charge in [0.15, 0.2) is 0 Å². The van der Waals surface area contributed by atoms with Gasteiger partial charge in [0, 0.05) is 12.6 Å². The number of hydrogen-bond acceptors (Lipinski definition) is 3. The van der Waals surface area contributed by atoms with E-state index in [9.17, 15) is 17.2 Å². The Balaban J connectivity index is 2.08. The first-order valence-corrected chi connectivity index (χ1v) is 7.80. The molecule has 0 aliphatic heterocycles. The van der Waals surface area contributed by atoms with Crippen molar-refractivity contribution in [2.24, 2.45) is 0 Å². The minimum Gasteiger partial charge on any atom is -0.396 e. The number of allylic oxidation sites excluding steroid dienone is 1. The normalized spacial score (nSPS) is 15.4. The molecule has 7 heteroatoms. The molecule has 1 aliphatic rings. The van der Waals surface area contributed by atoms with E-state index in [1.165, 1.54) is 5.57 Å². The fraction of sp³-hybridized carbons (Fsp3) is 0.385. The molecule has 0 amide bonds. The van der Waals surface area contributed by atoms with Crippen molar-refractivity contribution < 1.29 is 17.2 Å². The van der Waals surface area contributed by atoms with Gasteiger partial charge in [0.25, 0.3) is 0 Å². The molecule has 0 heterocycles. The van der Waals surface area contributed by atoms with E-state index in [4.69, 9.17) is 5.73 Å². The van der Waals surface area contributed by atoms with E-state index in [1.807, 2.05) is 0 Å². The molecule has 0 spiro atoms. The van der Waals surface area contributed by atoms with Gasteiger partial charge in [-0.3, -0.25) is 0 Å². The fourth-order valence-corrected chi connectivity index (χ4v) is 3.26. The van der Waals surface area contributed by atoms with Gasteiger partial charge in [0.1, 0.15) is 16.5 Å². The summed E-state index contributed by atoms with van der Waals surface area (Å²) in [5, 5.41) is 0. The SMILES string of the molecule is Nc1cc(S(=O)(=O)NCCC2=CCCC2)c(F)cc1F. The van der Waals surface area contributed by atoms with Gasteiger partial charge in [0.05, 0.1) is 5.69 Å². The zero-order valence-corrected chi connectivity index (χ0v) is 11.6. The lowest BCUT2D eigenvalue weighted by atomic mass is 10.2. The topological polar surface area (TPSA) is 72.2 Å². The number of halogens is 2. The van der Waals surface area contributed by atoms with Gasteiger partial charge in [-0.1, -0.05) is 11.6 Å². The van der Waals surface area contributed by atoms with Crippen LogP contribution in [0.3, 0.4) is 0 Å². The molecular weight excluding hydrogens is 286 g/mol. The molecule has 0 radical (unpaired) electrons. The van der Waals surface area contributed by atoms with Crippen LogP contribution in [0, 0.1) is 11.6 Å². The Kier molecular flexibility index (Phi) is 4.39. The quantitative estimate of drug-likeness (QED) is 0.647. The van der Waals surface area contributed by atoms with Gasteiger partial charge in [-0.25, -0.2) is 21.9 Å². The molecular formula is C13H16F2N2O2S. The Labute approximate surface area is 116 Å². The maximum atomic E-state index is 13.5. The van der Waals surface area contributed by atoms with Crippen molar-refractivity contribution in [3.63, 3.8) is 0 Å². The van der Waals surface area contributed by atoms with Crippen molar-refractivity contribution in [1.82, 2.24) is 4.72 Å². The third-order valence-electron chi connectivity index (χ3n) is 3.21. The third-order valence-corrected chi connectivity index (χ3v) is 4.69. The summed E-state index contributed by atoms with van der Waals surface area (Å²) in [6, 6.07) is 1.27. The van der Waals surface area contributed by atoms with Gasteiger partial charge in [-0.05, 0) is 31.7 Å². The van der Waals surface area contributed by atoms with Crippen LogP contribution in [-0.2, 0) is 10.0 Å². The molecule has 1 aromatic carbocycles. The molecule has 0 saturated carbocycles. The van der Waals surface area contributed by atoms with Crippen LogP contribution in [0.25, 0.3) is 0 Å². The first kappa shape index (κ1) is 14.9. The number of nitrogens with one attached hydrogen (secondary N) is 1. The van der Waals surface area contributed by atoms with Crippen LogP contribution < -0.4 is 10.5 Å². The Morgan fingerprint density at radius 3 is 2.65 bits per heavy atom. The Bertz CT molecular complexity index is 642. The summed E-state index contributed by atoms with van der Waals surface area (Å²) in [4.78, 5) is -0.628. The van der Waals surface area contributed by atoms with E-state index >= 15 is 0 Å². The summed E-state index contributed by atoms with van der Waals surface area (Å²) < 4.78 is 52.7. The lowest BCUT2D eigenvalue weighted by Gasteiger charge is -2.09. The zero-order valence-electron chi connectivity index (χ0n) is 10.8. The van der Waals surface area contributed by atoms with Crippen LogP contribution >= 0.6 is 0 Å². The molecule has 0 fully saturated rings. The molecule has 0 atom stereocenters. The average Bonchev–Trinajstić information content (AvgIpc) is 2.86. The highest BCUT2D eigenvalue weighted by Gasteiger charge is 2.21. The molecule has 0 bridgehead atoms. The summed E-state index contributed by atoms with van der Waals surface area (Å²) >= 11 is 0. The van der Waals surface area contributed by atoms with Crippen LogP contribution in [0.4, 0.5) is 14.5 Å². The van der Waals surface area contributed by atoms with Crippen LogP contribution in [0.2, 0.25) is 0 Å². The molecule has 0 unspecified atom stereocenters. The second-order valence-electron chi connectivity index (χ2n) is 4.71. The monoisotopic (exact) mass is 302 g/mol. The number of hydrogen-bond donors (Lipinski definition) is 2. The zero-order chi connectivity index (χ0) is 14.8. The van der Waals surface area contributed by atoms with Crippen molar-refractivity contribution in [3.8, 4) is 0 Å². The van der Waals surface area contributed by atoms with Gasteiger partial charge >= 0.3 is 0 Å². The number of nitrogens with two attached hydrogens (primary N) is 1. The predicted molar refractivity (Wildman–Crippen MR) is 72.5 cm³/mol. The minimum atomic E-state index is -4.02. The van der Waals surface area contributed by atoms with E-state index < -0.39 is 32.2 Å². The molecule has 0 aromatic heterocycles. The van der Waals surface area contributed by atoms with Crippen molar-refractivity contribution in [3.05, 3.63) is 35.4 Å². The molecule has 110 valence electrons. The smallest absolute Gasteiger partial charge is 0.243 e. The maximum absolute atomic E-state index is 13.5. The average molecular weight is 302 g/mol. The predicted octanol–water partition coefficient (Wildman–Crippen LogP) is 2.33.